The minimum atomic E-state index is -0.369. The van der Waals surface area contributed by atoms with Crippen LogP contribution in [0, 0.1) is 0 Å². The molecule has 0 amide bonds. The van der Waals surface area contributed by atoms with Gasteiger partial charge in [-0.05, 0) is 61.5 Å². The maximum Gasteiger partial charge on any atom is 0.338 e. The van der Waals surface area contributed by atoms with Crippen LogP contribution >= 0.6 is 0 Å². The molecule has 6 nitrogen and oxygen atoms in total. The first kappa shape index (κ1) is 19.0. The molecular weight excluding hydrogens is 354 g/mol. The number of hydrogen-bond acceptors (Lipinski definition) is 6. The summed E-state index contributed by atoms with van der Waals surface area (Å²) in [7, 11) is 0. The van der Waals surface area contributed by atoms with E-state index in [9.17, 15) is 9.90 Å². The summed E-state index contributed by atoms with van der Waals surface area (Å²) in [6.07, 6.45) is 1.58. The van der Waals surface area contributed by atoms with Gasteiger partial charge in [0.25, 0.3) is 0 Å². The van der Waals surface area contributed by atoms with E-state index in [2.05, 4.69) is 15.2 Å². The lowest BCUT2D eigenvalue weighted by Gasteiger charge is -2.02. The summed E-state index contributed by atoms with van der Waals surface area (Å²) in [6.45, 7) is 2.09. The largest absolute Gasteiger partial charge is 0.507 e. The fraction of sp³-hybridized carbons (Fsp3) is 0.0909. The first-order chi connectivity index (χ1) is 13.7. The first-order valence-electron chi connectivity index (χ1n) is 8.77. The standard InChI is InChI=1S/C22H19N3O3/c1-2-28-22(27)16-8-10-19(11-9-16)24-25-20-12-13-21(26)17(14-20)15-23-18-6-4-3-5-7-18/h3-15,26H,2H2,1H3. The third kappa shape index (κ3) is 5.11. The van der Waals surface area contributed by atoms with Crippen molar-refractivity contribution in [2.75, 3.05) is 6.61 Å². The average molecular weight is 373 g/mol. The number of nitrogens with zero attached hydrogens (tertiary/aromatic N) is 3. The summed E-state index contributed by atoms with van der Waals surface area (Å²) in [5, 5.41) is 18.4. The smallest absolute Gasteiger partial charge is 0.338 e. The summed E-state index contributed by atoms with van der Waals surface area (Å²) in [4.78, 5) is 16.0. The molecule has 3 rings (SSSR count). The Hall–Kier alpha value is -3.80. The van der Waals surface area contributed by atoms with Crippen molar-refractivity contribution >= 4 is 29.2 Å². The highest BCUT2D eigenvalue weighted by Crippen LogP contribution is 2.25. The average Bonchev–Trinajstić information content (AvgIpc) is 2.73. The molecule has 0 fully saturated rings. The van der Waals surface area contributed by atoms with E-state index in [-0.39, 0.29) is 11.7 Å². The second kappa shape index (κ2) is 9.23. The van der Waals surface area contributed by atoms with E-state index >= 15 is 0 Å². The first-order valence-corrected chi connectivity index (χ1v) is 8.77. The van der Waals surface area contributed by atoms with Crippen molar-refractivity contribution in [2.45, 2.75) is 6.92 Å². The number of benzene rings is 3. The summed E-state index contributed by atoms with van der Waals surface area (Å²) in [6, 6.07) is 21.0. The quantitative estimate of drug-likeness (QED) is 0.340. The number of para-hydroxylation sites is 1. The van der Waals surface area contributed by atoms with Crippen molar-refractivity contribution in [3.8, 4) is 5.75 Å². The Bertz CT molecular complexity index is 997. The molecule has 0 aromatic heterocycles. The molecule has 0 aliphatic heterocycles. The van der Waals surface area contributed by atoms with Crippen LogP contribution in [0.3, 0.4) is 0 Å². The van der Waals surface area contributed by atoms with Crippen molar-refractivity contribution in [2.24, 2.45) is 15.2 Å². The predicted octanol–water partition coefficient (Wildman–Crippen LogP) is 5.73. The molecule has 1 N–H and O–H groups in total. The Morgan fingerprint density at radius 1 is 0.929 bits per heavy atom. The topological polar surface area (TPSA) is 83.6 Å². The van der Waals surface area contributed by atoms with Gasteiger partial charge in [-0.25, -0.2) is 4.79 Å². The molecule has 0 saturated heterocycles. The number of azo groups is 1. The molecule has 3 aromatic rings. The highest BCUT2D eigenvalue weighted by Gasteiger charge is 2.05. The molecule has 3 aromatic carbocycles. The summed E-state index contributed by atoms with van der Waals surface area (Å²) < 4.78 is 4.95. The van der Waals surface area contributed by atoms with E-state index in [1.165, 1.54) is 0 Å². The number of carbonyl (C=O) groups excluding carboxylic acids is 1. The van der Waals surface area contributed by atoms with E-state index in [1.54, 1.807) is 55.6 Å². The van der Waals surface area contributed by atoms with Gasteiger partial charge in [-0.1, -0.05) is 18.2 Å². The second-order valence-electron chi connectivity index (χ2n) is 5.80. The van der Waals surface area contributed by atoms with E-state index in [0.717, 1.165) is 5.69 Å². The van der Waals surface area contributed by atoms with Gasteiger partial charge in [-0.3, -0.25) is 4.99 Å². The zero-order valence-corrected chi connectivity index (χ0v) is 15.3. The molecule has 28 heavy (non-hydrogen) atoms. The molecule has 0 bridgehead atoms. The number of ether oxygens (including phenoxy) is 1. The fourth-order valence-corrected chi connectivity index (χ4v) is 2.36. The van der Waals surface area contributed by atoms with Gasteiger partial charge in [0.05, 0.1) is 29.2 Å². The number of esters is 1. The van der Waals surface area contributed by atoms with E-state index in [4.69, 9.17) is 4.74 Å². The summed E-state index contributed by atoms with van der Waals surface area (Å²) in [5.41, 5.74) is 2.96. The van der Waals surface area contributed by atoms with Gasteiger partial charge in [0.15, 0.2) is 0 Å². The van der Waals surface area contributed by atoms with Crippen molar-refractivity contribution in [1.82, 2.24) is 0 Å². The number of hydrogen-bond donors (Lipinski definition) is 1. The molecular formula is C22H19N3O3. The Morgan fingerprint density at radius 3 is 2.32 bits per heavy atom. The van der Waals surface area contributed by atoms with Crippen LogP contribution in [0.4, 0.5) is 17.1 Å². The van der Waals surface area contributed by atoms with Crippen molar-refractivity contribution in [3.05, 3.63) is 83.9 Å². The highest BCUT2D eigenvalue weighted by molar-refractivity contribution is 5.89. The Kier molecular flexibility index (Phi) is 6.25. The Morgan fingerprint density at radius 2 is 1.61 bits per heavy atom. The lowest BCUT2D eigenvalue weighted by molar-refractivity contribution is 0.0526. The lowest BCUT2D eigenvalue weighted by atomic mass is 10.2. The molecule has 0 saturated carbocycles. The van der Waals surface area contributed by atoms with Gasteiger partial charge in [0.1, 0.15) is 5.75 Å². The van der Waals surface area contributed by atoms with Crippen molar-refractivity contribution in [3.63, 3.8) is 0 Å². The van der Waals surface area contributed by atoms with Gasteiger partial charge in [-0.15, -0.1) is 0 Å². The van der Waals surface area contributed by atoms with Crippen LogP contribution < -0.4 is 0 Å². The molecule has 0 aliphatic rings. The summed E-state index contributed by atoms with van der Waals surface area (Å²) >= 11 is 0. The fourth-order valence-electron chi connectivity index (χ4n) is 2.36. The number of aliphatic imine (C=N–C) groups is 1. The molecule has 0 heterocycles. The van der Waals surface area contributed by atoms with E-state index in [1.807, 2.05) is 30.3 Å². The van der Waals surface area contributed by atoms with Crippen LogP contribution in [0.5, 0.6) is 5.75 Å². The maximum absolute atomic E-state index is 11.7. The van der Waals surface area contributed by atoms with Crippen LogP contribution in [0.25, 0.3) is 0 Å². The lowest BCUT2D eigenvalue weighted by Crippen LogP contribution is -2.03. The van der Waals surface area contributed by atoms with Crippen LogP contribution in [0.15, 0.2) is 88.0 Å². The molecule has 0 unspecified atom stereocenters. The predicted molar refractivity (Wildman–Crippen MR) is 108 cm³/mol. The van der Waals surface area contributed by atoms with E-state index in [0.29, 0.717) is 29.1 Å². The Balaban J connectivity index is 1.74. The van der Waals surface area contributed by atoms with Gasteiger partial charge >= 0.3 is 5.97 Å². The van der Waals surface area contributed by atoms with Gasteiger partial charge < -0.3 is 9.84 Å². The van der Waals surface area contributed by atoms with Crippen molar-refractivity contribution < 1.29 is 14.6 Å². The highest BCUT2D eigenvalue weighted by atomic mass is 16.5. The summed E-state index contributed by atoms with van der Waals surface area (Å²) in [5.74, 6) is -0.260. The molecule has 0 radical (unpaired) electrons. The van der Waals surface area contributed by atoms with Gasteiger partial charge in [0.2, 0.25) is 0 Å². The second-order valence-corrected chi connectivity index (χ2v) is 5.80. The van der Waals surface area contributed by atoms with Crippen LogP contribution in [-0.4, -0.2) is 23.9 Å². The third-order valence-corrected chi connectivity index (χ3v) is 3.78. The minimum absolute atomic E-state index is 0.109. The molecule has 0 aliphatic carbocycles. The zero-order valence-electron chi connectivity index (χ0n) is 15.3. The maximum atomic E-state index is 11.7. The number of rotatable bonds is 6. The third-order valence-electron chi connectivity index (χ3n) is 3.78. The SMILES string of the molecule is CCOC(=O)c1ccc(N=Nc2ccc(O)c(C=Nc3ccccc3)c2)cc1. The van der Waals surface area contributed by atoms with E-state index < -0.39 is 0 Å². The number of phenols is 1. The molecule has 0 atom stereocenters. The van der Waals surface area contributed by atoms with Crippen LogP contribution in [0.1, 0.15) is 22.8 Å². The molecule has 140 valence electrons. The molecule has 0 spiro atoms. The monoisotopic (exact) mass is 373 g/mol. The number of aromatic hydroxyl groups is 1. The zero-order chi connectivity index (χ0) is 19.8. The number of carbonyl (C=O) groups is 1. The minimum Gasteiger partial charge on any atom is -0.507 e. The Labute approximate surface area is 162 Å². The normalized spacial score (nSPS) is 11.2. The van der Waals surface area contributed by atoms with Crippen LogP contribution in [0.2, 0.25) is 0 Å². The number of phenolic OH excluding ortho intramolecular Hbond substituents is 1. The van der Waals surface area contributed by atoms with Crippen molar-refractivity contribution in [1.29, 1.82) is 0 Å². The molecule has 6 heteroatoms. The van der Waals surface area contributed by atoms with Gasteiger partial charge in [-0.2, -0.15) is 10.2 Å². The van der Waals surface area contributed by atoms with Gasteiger partial charge in [0, 0.05) is 11.8 Å². The van der Waals surface area contributed by atoms with Crippen LogP contribution in [-0.2, 0) is 4.74 Å².